The summed E-state index contributed by atoms with van der Waals surface area (Å²) in [5.41, 5.74) is -0.530. The van der Waals surface area contributed by atoms with Crippen LogP contribution in [0.5, 0.6) is 0 Å². The van der Waals surface area contributed by atoms with Gasteiger partial charge in [-0.05, 0) is 132 Å². The van der Waals surface area contributed by atoms with Crippen LogP contribution in [0, 0.1) is 11.6 Å². The second-order valence-corrected chi connectivity index (χ2v) is 15.9. The fourth-order valence-corrected chi connectivity index (χ4v) is 11.4. The first-order valence-electron chi connectivity index (χ1n) is 19.2. The largest absolute Gasteiger partial charge is 0.265 e. The van der Waals surface area contributed by atoms with E-state index in [0.29, 0.717) is 37.7 Å². The molecule has 14 aromatic rings. The highest BCUT2D eigenvalue weighted by molar-refractivity contribution is 6.45. The minimum absolute atomic E-state index is 0.105. The molecule has 0 heterocycles. The van der Waals surface area contributed by atoms with Gasteiger partial charge in [0.1, 0.15) is 11.6 Å². The molecule has 0 aromatic heterocycles. The second-order valence-electron chi connectivity index (χ2n) is 15.9. The monoisotopic (exact) mass is 760 g/mol. The van der Waals surface area contributed by atoms with Crippen LogP contribution in [-0.4, -0.2) is 0 Å². The van der Waals surface area contributed by atoms with E-state index >= 15 is 26.3 Å². The Morgan fingerprint density at radius 3 is 0.897 bits per heavy atom. The zero-order chi connectivity index (χ0) is 38.6. The predicted molar refractivity (Wildman–Crippen MR) is 229 cm³/mol. The normalized spacial score (nSPS) is 13.3. The van der Waals surface area contributed by atoms with Crippen molar-refractivity contribution in [3.05, 3.63) is 144 Å². The standard InChI is InChI=1S/C52H22F6/c53-39-17-15-23-27-8-10-30-36-20-38-37(19-35(36)29-9-7-25(43(27)45(29)30)21-3-1-5-31(39)41(21)23)50(52(57)58)48-34-14-12-28-24-16-18-40(54)32-6-2-4-22(42(24)32)26-11-13-33(46(34)44(26)28)47(48)49(38)51(55)56/h1-20,51-52H. The highest BCUT2D eigenvalue weighted by atomic mass is 19.3. The number of fused-ring (bicyclic) bond motifs is 11. The summed E-state index contributed by atoms with van der Waals surface area (Å²) in [7, 11) is 0. The van der Waals surface area contributed by atoms with E-state index in [1.807, 2.05) is 60.7 Å². The minimum Gasteiger partial charge on any atom is -0.206 e. The van der Waals surface area contributed by atoms with Crippen LogP contribution in [0.2, 0.25) is 0 Å². The lowest BCUT2D eigenvalue weighted by atomic mass is 9.88. The number of benzene rings is 12. The highest BCUT2D eigenvalue weighted by Crippen LogP contribution is 2.55. The Hall–Kier alpha value is -6.92. The average molecular weight is 761 g/mol. The second kappa shape index (κ2) is 10.1. The van der Waals surface area contributed by atoms with E-state index in [9.17, 15) is 0 Å². The number of hydrogen-bond acceptors (Lipinski definition) is 0. The zero-order valence-electron chi connectivity index (χ0n) is 30.0. The first kappa shape index (κ1) is 31.2. The molecule has 0 atom stereocenters. The van der Waals surface area contributed by atoms with E-state index in [0.717, 1.165) is 80.8 Å². The maximum atomic E-state index is 15.9. The van der Waals surface area contributed by atoms with Crippen LogP contribution >= 0.6 is 0 Å². The lowest BCUT2D eigenvalue weighted by Gasteiger charge is -2.15. The topological polar surface area (TPSA) is 0 Å². The summed E-state index contributed by atoms with van der Waals surface area (Å²) < 4.78 is 94.0. The first-order valence-corrected chi connectivity index (χ1v) is 19.2. The summed E-state index contributed by atoms with van der Waals surface area (Å²) in [4.78, 5) is 0. The molecule has 0 unspecified atom stereocenters. The summed E-state index contributed by atoms with van der Waals surface area (Å²) in [5.74, 6) is -0.634. The molecule has 272 valence electrons. The van der Waals surface area contributed by atoms with E-state index in [1.165, 1.54) is 12.1 Å². The molecule has 0 radical (unpaired) electrons. The molecule has 14 rings (SSSR count). The third kappa shape index (κ3) is 3.38. The molecule has 0 nitrogen and oxygen atoms in total. The summed E-state index contributed by atoms with van der Waals surface area (Å²) >= 11 is 0. The number of alkyl halides is 4. The predicted octanol–water partition coefficient (Wildman–Crippen LogP) is 16.6. The molecule has 0 N–H and O–H groups in total. The third-order valence-corrected chi connectivity index (χ3v) is 13.5. The fourth-order valence-electron chi connectivity index (χ4n) is 11.4. The van der Waals surface area contributed by atoms with Gasteiger partial charge in [-0.15, -0.1) is 0 Å². The molecule has 0 amide bonds. The van der Waals surface area contributed by atoms with Crippen LogP contribution in [0.3, 0.4) is 0 Å². The Balaban J connectivity index is 1.18. The van der Waals surface area contributed by atoms with Crippen molar-refractivity contribution in [1.82, 2.24) is 0 Å². The molecule has 0 spiro atoms. The number of rotatable bonds is 2. The zero-order valence-corrected chi connectivity index (χ0v) is 30.0. The summed E-state index contributed by atoms with van der Waals surface area (Å²) in [5, 5.41) is 17.5. The van der Waals surface area contributed by atoms with Gasteiger partial charge in [0.25, 0.3) is 12.9 Å². The highest BCUT2D eigenvalue weighted by Gasteiger charge is 2.31. The van der Waals surface area contributed by atoms with Crippen LogP contribution in [0.1, 0.15) is 24.0 Å². The molecule has 0 aliphatic carbocycles. The van der Waals surface area contributed by atoms with Crippen molar-refractivity contribution in [1.29, 1.82) is 0 Å². The smallest absolute Gasteiger partial charge is 0.206 e. The van der Waals surface area contributed by atoms with Gasteiger partial charge < -0.3 is 0 Å². The molecule has 0 saturated carbocycles. The van der Waals surface area contributed by atoms with Crippen LogP contribution < -0.4 is 0 Å². The SMILES string of the molecule is Fc1ccc2c3ccc4c5cc6c(C(F)F)c7c8ccc9c%10cccc%11c(F)ccc(c%12ccc(c7c(C(F)F)c6cc5c5ccc(c6cccc1c26)c3c45)c8c9%12)c%11%10. The van der Waals surface area contributed by atoms with Crippen molar-refractivity contribution in [2.75, 3.05) is 0 Å². The third-order valence-electron chi connectivity index (χ3n) is 13.5. The van der Waals surface area contributed by atoms with Gasteiger partial charge in [0, 0.05) is 43.4 Å². The molecule has 14 aromatic carbocycles. The molecule has 0 saturated heterocycles. The molecule has 58 heavy (non-hydrogen) atoms. The van der Waals surface area contributed by atoms with E-state index in [4.69, 9.17) is 0 Å². The van der Waals surface area contributed by atoms with E-state index in [-0.39, 0.29) is 44.3 Å². The van der Waals surface area contributed by atoms with Gasteiger partial charge >= 0.3 is 0 Å². The maximum absolute atomic E-state index is 15.9. The molecule has 0 aliphatic heterocycles. The van der Waals surface area contributed by atoms with Gasteiger partial charge in [0.2, 0.25) is 0 Å². The first-order chi connectivity index (χ1) is 28.3. The van der Waals surface area contributed by atoms with Gasteiger partial charge in [-0.2, -0.15) is 0 Å². The Morgan fingerprint density at radius 1 is 0.241 bits per heavy atom. The van der Waals surface area contributed by atoms with Gasteiger partial charge in [-0.25, -0.2) is 26.3 Å². The maximum Gasteiger partial charge on any atom is 0.265 e. The van der Waals surface area contributed by atoms with Crippen LogP contribution in [-0.2, 0) is 0 Å². The molecular weight excluding hydrogens is 739 g/mol. The van der Waals surface area contributed by atoms with Gasteiger partial charge in [-0.1, -0.05) is 97.1 Å². The van der Waals surface area contributed by atoms with Gasteiger partial charge in [-0.3, -0.25) is 0 Å². The molecule has 0 fully saturated rings. The van der Waals surface area contributed by atoms with Crippen molar-refractivity contribution >= 4 is 140 Å². The number of halogens is 6. The summed E-state index contributed by atoms with van der Waals surface area (Å²) in [6.07, 6.45) is -5.95. The van der Waals surface area contributed by atoms with Crippen LogP contribution in [0.15, 0.2) is 121 Å². The molecule has 6 heteroatoms. The van der Waals surface area contributed by atoms with Crippen molar-refractivity contribution in [3.63, 3.8) is 0 Å². The van der Waals surface area contributed by atoms with Crippen molar-refractivity contribution < 1.29 is 26.3 Å². The Labute approximate surface area is 322 Å². The lowest BCUT2D eigenvalue weighted by Crippen LogP contribution is -1.96. The van der Waals surface area contributed by atoms with Crippen LogP contribution in [0.4, 0.5) is 26.3 Å². The minimum atomic E-state index is -2.98. The van der Waals surface area contributed by atoms with Crippen molar-refractivity contribution in [3.8, 4) is 0 Å². The quantitative estimate of drug-likeness (QED) is 0.0935. The molecule has 0 bridgehead atoms. The Morgan fingerprint density at radius 2 is 0.517 bits per heavy atom. The van der Waals surface area contributed by atoms with Crippen molar-refractivity contribution in [2.45, 2.75) is 12.9 Å². The summed E-state index contributed by atoms with van der Waals surface area (Å²) in [6.45, 7) is 0. The number of hydrogen-bond donors (Lipinski definition) is 0. The molecular formula is C52H22F6. The average Bonchev–Trinajstić information content (AvgIpc) is 3.73. The lowest BCUT2D eigenvalue weighted by molar-refractivity contribution is 0.152. The van der Waals surface area contributed by atoms with E-state index in [1.54, 1.807) is 48.5 Å². The van der Waals surface area contributed by atoms with Crippen molar-refractivity contribution in [2.24, 2.45) is 0 Å². The summed E-state index contributed by atoms with van der Waals surface area (Å²) in [6, 6.07) is 36.3. The Bertz CT molecular complexity index is 3980. The van der Waals surface area contributed by atoms with E-state index < -0.39 is 12.9 Å². The fraction of sp³-hybridized carbons (Fsp3) is 0.0385. The van der Waals surface area contributed by atoms with Crippen LogP contribution in [0.25, 0.3) is 140 Å². The van der Waals surface area contributed by atoms with E-state index in [2.05, 4.69) is 0 Å². The van der Waals surface area contributed by atoms with Gasteiger partial charge in [0.05, 0.1) is 0 Å². The molecule has 0 aliphatic rings. The Kier molecular flexibility index (Phi) is 5.45. The van der Waals surface area contributed by atoms with Gasteiger partial charge in [0.15, 0.2) is 0 Å².